The number of quaternary nitrogens is 1. The third kappa shape index (κ3) is 4.43. The second kappa shape index (κ2) is 9.20. The molecule has 2 heterocycles. The van der Waals surface area contributed by atoms with Crippen molar-refractivity contribution in [1.82, 2.24) is 0 Å². The van der Waals surface area contributed by atoms with E-state index in [1.807, 2.05) is 38.1 Å². The van der Waals surface area contributed by atoms with Crippen LogP contribution < -0.4 is 14.8 Å². The van der Waals surface area contributed by atoms with Crippen molar-refractivity contribution in [3.8, 4) is 0 Å². The fourth-order valence-corrected chi connectivity index (χ4v) is 6.26. The van der Waals surface area contributed by atoms with E-state index in [9.17, 15) is 8.42 Å². The Morgan fingerprint density at radius 2 is 1.56 bits per heavy atom. The lowest BCUT2D eigenvalue weighted by Crippen LogP contribution is -3.13. The number of rotatable bonds is 5. The molecule has 0 aliphatic carbocycles. The first-order valence-electron chi connectivity index (χ1n) is 11.8. The molecule has 5 nitrogen and oxygen atoms in total. The number of H-pyrrole nitrogens is 1. The van der Waals surface area contributed by atoms with Crippen LogP contribution >= 0.6 is 0 Å². The molecule has 5 rings (SSSR count). The normalized spacial score (nSPS) is 15.1. The van der Waals surface area contributed by atoms with Gasteiger partial charge in [0.05, 0.1) is 42.1 Å². The Balaban J connectivity index is 1.53. The number of piperazine rings is 1. The molecule has 0 spiro atoms. The van der Waals surface area contributed by atoms with Gasteiger partial charge in [0, 0.05) is 11.6 Å². The summed E-state index contributed by atoms with van der Waals surface area (Å²) in [4.78, 5) is 7.71. The first kappa shape index (κ1) is 22.6. The van der Waals surface area contributed by atoms with Crippen molar-refractivity contribution in [2.24, 2.45) is 0 Å². The maximum Gasteiger partial charge on any atom is 0.214 e. The molecule has 1 aromatic heterocycles. The number of aryl methyl sites for hydroxylation is 2. The van der Waals surface area contributed by atoms with Crippen LogP contribution in [0.5, 0.6) is 0 Å². The van der Waals surface area contributed by atoms with Gasteiger partial charge in [0.1, 0.15) is 6.54 Å². The lowest BCUT2D eigenvalue weighted by atomic mass is 10.1. The summed E-state index contributed by atoms with van der Waals surface area (Å²) < 4.78 is 27.6. The minimum atomic E-state index is -3.68. The Morgan fingerprint density at radius 3 is 2.26 bits per heavy atom. The standard InChI is InChI=1S/C28H29N3O2S/c1-21-8-11-24(12-9-21)34(32,33)27-19-29-26-13-10-22(2)18-25(26)28(27)31-16-14-30(15-17-31)20-23-6-4-3-5-7-23/h3-13,18-19H,14-17,20H2,1-2H3/p+2. The predicted octanol–water partition coefficient (Wildman–Crippen LogP) is 3.01. The first-order valence-corrected chi connectivity index (χ1v) is 13.3. The predicted molar refractivity (Wildman–Crippen MR) is 135 cm³/mol. The van der Waals surface area contributed by atoms with Crippen LogP contribution in [0, 0.1) is 13.8 Å². The number of nitrogens with zero attached hydrogens (tertiary/aromatic N) is 1. The monoisotopic (exact) mass is 473 g/mol. The Kier molecular flexibility index (Phi) is 6.11. The molecule has 174 valence electrons. The molecule has 34 heavy (non-hydrogen) atoms. The van der Waals surface area contributed by atoms with Crippen LogP contribution in [-0.4, -0.2) is 34.6 Å². The number of benzene rings is 3. The van der Waals surface area contributed by atoms with Crippen LogP contribution in [0.2, 0.25) is 0 Å². The Labute approximate surface area is 201 Å². The zero-order valence-corrected chi connectivity index (χ0v) is 20.5. The summed E-state index contributed by atoms with van der Waals surface area (Å²) in [5.74, 6) is 0. The molecular weight excluding hydrogens is 442 g/mol. The van der Waals surface area contributed by atoms with Crippen molar-refractivity contribution in [1.29, 1.82) is 0 Å². The molecular formula is C28H31N3O2S+2. The summed E-state index contributed by atoms with van der Waals surface area (Å²) >= 11 is 0. The van der Waals surface area contributed by atoms with E-state index in [1.54, 1.807) is 18.3 Å². The molecule has 0 bridgehead atoms. The molecule has 0 radical (unpaired) electrons. The highest BCUT2D eigenvalue weighted by Crippen LogP contribution is 2.35. The van der Waals surface area contributed by atoms with Crippen molar-refractivity contribution < 1.29 is 18.3 Å². The summed E-state index contributed by atoms with van der Waals surface area (Å²) in [6, 6.07) is 23.9. The van der Waals surface area contributed by atoms with Gasteiger partial charge in [-0.15, -0.1) is 0 Å². The largest absolute Gasteiger partial charge is 0.358 e. The first-order chi connectivity index (χ1) is 16.4. The number of anilines is 1. The Bertz CT molecular complexity index is 1410. The van der Waals surface area contributed by atoms with Crippen LogP contribution in [0.4, 0.5) is 5.69 Å². The lowest BCUT2D eigenvalue weighted by molar-refractivity contribution is -0.914. The summed E-state index contributed by atoms with van der Waals surface area (Å²) in [5, 5.41) is 0.958. The zero-order chi connectivity index (χ0) is 23.7. The highest BCUT2D eigenvalue weighted by Gasteiger charge is 2.31. The maximum atomic E-state index is 13.8. The Morgan fingerprint density at radius 1 is 0.882 bits per heavy atom. The van der Waals surface area contributed by atoms with E-state index in [0.29, 0.717) is 9.79 Å². The molecule has 6 heteroatoms. The average Bonchev–Trinajstić information content (AvgIpc) is 2.85. The molecule has 1 saturated heterocycles. The minimum Gasteiger partial charge on any atom is -0.358 e. The number of aromatic nitrogens is 1. The van der Waals surface area contributed by atoms with Gasteiger partial charge in [-0.25, -0.2) is 13.4 Å². The van der Waals surface area contributed by atoms with Gasteiger partial charge in [0.2, 0.25) is 15.4 Å². The number of nitrogens with one attached hydrogen (secondary N) is 2. The Hall–Kier alpha value is -3.22. The van der Waals surface area contributed by atoms with E-state index in [2.05, 4.69) is 46.3 Å². The van der Waals surface area contributed by atoms with Crippen molar-refractivity contribution in [3.63, 3.8) is 0 Å². The summed E-state index contributed by atoms with van der Waals surface area (Å²) in [6.45, 7) is 8.55. The number of hydrogen-bond acceptors (Lipinski definition) is 3. The summed E-state index contributed by atoms with van der Waals surface area (Å²) in [6.07, 6.45) is 1.67. The second-order valence-corrected chi connectivity index (χ2v) is 11.2. The molecule has 0 unspecified atom stereocenters. The highest BCUT2D eigenvalue weighted by molar-refractivity contribution is 7.91. The summed E-state index contributed by atoms with van der Waals surface area (Å²) in [5.41, 5.74) is 5.25. The molecule has 4 aromatic rings. The molecule has 0 amide bonds. The molecule has 0 atom stereocenters. The number of aromatic amines is 1. The highest BCUT2D eigenvalue weighted by atomic mass is 32.2. The van der Waals surface area contributed by atoms with Crippen LogP contribution in [0.1, 0.15) is 16.7 Å². The van der Waals surface area contributed by atoms with Crippen LogP contribution in [0.25, 0.3) is 10.9 Å². The zero-order valence-electron chi connectivity index (χ0n) is 19.7. The number of fused-ring (bicyclic) bond motifs is 1. The third-order valence-electron chi connectivity index (χ3n) is 6.73. The molecule has 3 aromatic carbocycles. The summed E-state index contributed by atoms with van der Waals surface area (Å²) in [7, 11) is -3.68. The maximum absolute atomic E-state index is 13.8. The van der Waals surface area contributed by atoms with Crippen molar-refractivity contribution in [3.05, 3.63) is 95.7 Å². The molecule has 2 N–H and O–H groups in total. The SMILES string of the molecule is Cc1ccc(S(=O)(=O)c2c[nH+]c3ccc(C)cc3c2N2CC[NH+](Cc3ccccc3)CC2)cc1. The van der Waals surface area contributed by atoms with E-state index < -0.39 is 9.84 Å². The fourth-order valence-electron chi connectivity index (χ4n) is 4.81. The van der Waals surface area contributed by atoms with E-state index in [-0.39, 0.29) is 0 Å². The fraction of sp³-hybridized carbons (Fsp3) is 0.250. The van der Waals surface area contributed by atoms with Gasteiger partial charge in [-0.1, -0.05) is 54.1 Å². The third-order valence-corrected chi connectivity index (χ3v) is 8.51. The van der Waals surface area contributed by atoms with Crippen LogP contribution in [0.15, 0.2) is 88.8 Å². The van der Waals surface area contributed by atoms with Gasteiger partial charge in [-0.2, -0.15) is 0 Å². The molecule has 1 aliphatic rings. The van der Waals surface area contributed by atoms with Gasteiger partial charge in [-0.05, 0) is 37.6 Å². The topological polar surface area (TPSA) is 56.0 Å². The van der Waals surface area contributed by atoms with Gasteiger partial charge < -0.3 is 9.80 Å². The lowest BCUT2D eigenvalue weighted by Gasteiger charge is -2.34. The number of hydrogen-bond donors (Lipinski definition) is 1. The average molecular weight is 474 g/mol. The molecule has 0 saturated carbocycles. The smallest absolute Gasteiger partial charge is 0.214 e. The quantitative estimate of drug-likeness (QED) is 0.485. The molecule has 1 aliphatic heterocycles. The van der Waals surface area contributed by atoms with Gasteiger partial charge in [0.15, 0.2) is 11.1 Å². The van der Waals surface area contributed by atoms with Gasteiger partial charge in [0.25, 0.3) is 0 Å². The van der Waals surface area contributed by atoms with E-state index in [0.717, 1.165) is 60.4 Å². The van der Waals surface area contributed by atoms with Crippen LogP contribution in [-0.2, 0) is 16.4 Å². The van der Waals surface area contributed by atoms with Gasteiger partial charge in [-0.3, -0.25) is 0 Å². The van der Waals surface area contributed by atoms with E-state index in [4.69, 9.17) is 0 Å². The van der Waals surface area contributed by atoms with Crippen molar-refractivity contribution in [2.45, 2.75) is 30.2 Å². The number of sulfone groups is 1. The molecule has 1 fully saturated rings. The van der Waals surface area contributed by atoms with Gasteiger partial charge >= 0.3 is 0 Å². The van der Waals surface area contributed by atoms with Crippen molar-refractivity contribution >= 4 is 26.4 Å². The van der Waals surface area contributed by atoms with Crippen LogP contribution in [0.3, 0.4) is 0 Å². The van der Waals surface area contributed by atoms with E-state index >= 15 is 0 Å². The second-order valence-electron chi connectivity index (χ2n) is 9.27. The minimum absolute atomic E-state index is 0.327. The number of pyridine rings is 1. The van der Waals surface area contributed by atoms with Crippen molar-refractivity contribution in [2.75, 3.05) is 31.1 Å². The van der Waals surface area contributed by atoms with E-state index in [1.165, 1.54) is 10.5 Å².